The lowest BCUT2D eigenvalue weighted by Gasteiger charge is -2.50. The van der Waals surface area contributed by atoms with Gasteiger partial charge in [0.15, 0.2) is 12.6 Å². The minimum atomic E-state index is -3.08. The van der Waals surface area contributed by atoms with Crippen molar-refractivity contribution in [3.8, 4) is 0 Å². The molecule has 0 aromatic rings. The van der Waals surface area contributed by atoms with Crippen LogP contribution in [0.25, 0.3) is 0 Å². The highest BCUT2D eigenvalue weighted by atomic mass is 16.8. The molecule has 3 saturated heterocycles. The highest BCUT2D eigenvalue weighted by Gasteiger charge is 2.60. The molecule has 0 radical (unpaired) electrons. The van der Waals surface area contributed by atoms with Gasteiger partial charge >= 0.3 is 5.97 Å². The summed E-state index contributed by atoms with van der Waals surface area (Å²) in [4.78, 5) is 38.6. The van der Waals surface area contributed by atoms with E-state index in [1.165, 1.54) is 244 Å². The Bertz CT molecular complexity index is 2120. The number of aliphatic carboxylic acids is 1. The van der Waals surface area contributed by atoms with Gasteiger partial charge in [-0.15, -0.1) is 0 Å². The molecule has 18 unspecified atom stereocenters. The Hall–Kier alpha value is -2.53. The van der Waals surface area contributed by atoms with Crippen molar-refractivity contribution in [1.82, 2.24) is 10.6 Å². The second kappa shape index (κ2) is 60.2. The monoisotopic (exact) mass is 1490 g/mol. The first kappa shape index (κ1) is 95.7. The fourth-order valence-electron chi connectivity index (χ4n) is 14.8. The van der Waals surface area contributed by atoms with Crippen LogP contribution in [0.1, 0.15) is 348 Å². The van der Waals surface area contributed by atoms with Gasteiger partial charge in [-0.3, -0.25) is 9.59 Å². The van der Waals surface area contributed by atoms with E-state index >= 15 is 0 Å². The van der Waals surface area contributed by atoms with E-state index < -0.39 is 148 Å². The van der Waals surface area contributed by atoms with Crippen molar-refractivity contribution in [3.63, 3.8) is 0 Å². The zero-order valence-electron chi connectivity index (χ0n) is 64.9. The molecule has 104 heavy (non-hydrogen) atoms. The first-order valence-corrected chi connectivity index (χ1v) is 42.0. The lowest BCUT2D eigenvalue weighted by atomic mass is 9.88. The van der Waals surface area contributed by atoms with Crippen LogP contribution >= 0.6 is 0 Å². The van der Waals surface area contributed by atoms with Crippen molar-refractivity contribution in [3.05, 3.63) is 12.2 Å². The number of carboxylic acids is 1. The summed E-state index contributed by atoms with van der Waals surface area (Å²) in [5.74, 6) is -6.09. The van der Waals surface area contributed by atoms with Crippen LogP contribution in [0.3, 0.4) is 0 Å². The maximum atomic E-state index is 13.5. The molecule has 3 heterocycles. The van der Waals surface area contributed by atoms with Crippen LogP contribution < -0.4 is 10.6 Å². The number of hydrogen-bond donors (Lipinski definition) is 14. The Morgan fingerprint density at radius 3 is 1.30 bits per heavy atom. The van der Waals surface area contributed by atoms with Crippen molar-refractivity contribution in [1.29, 1.82) is 0 Å². The Morgan fingerprint density at radius 1 is 0.490 bits per heavy atom. The van der Waals surface area contributed by atoms with Gasteiger partial charge < -0.3 is 100 Å². The molecule has 0 aromatic carbocycles. The first-order chi connectivity index (χ1) is 50.4. The van der Waals surface area contributed by atoms with Gasteiger partial charge in [0.1, 0.15) is 67.1 Å². The molecule has 14 N–H and O–H groups in total. The molecule has 18 atom stereocenters. The molecule has 0 spiro atoms. The third kappa shape index (κ3) is 39.9. The van der Waals surface area contributed by atoms with E-state index in [1.54, 1.807) is 0 Å². The van der Waals surface area contributed by atoms with Gasteiger partial charge in [0.2, 0.25) is 11.8 Å². The van der Waals surface area contributed by atoms with Crippen molar-refractivity contribution in [2.75, 3.05) is 26.4 Å². The fourth-order valence-corrected chi connectivity index (χ4v) is 14.8. The van der Waals surface area contributed by atoms with E-state index in [0.717, 1.165) is 58.3 Å². The third-order valence-corrected chi connectivity index (χ3v) is 21.5. The summed E-state index contributed by atoms with van der Waals surface area (Å²) >= 11 is 0. The van der Waals surface area contributed by atoms with Crippen LogP contribution in [0.5, 0.6) is 0 Å². The summed E-state index contributed by atoms with van der Waals surface area (Å²) in [7, 11) is 0. The van der Waals surface area contributed by atoms with Crippen LogP contribution in [0.2, 0.25) is 0 Å². The number of aliphatic hydroxyl groups is 11. The number of nitrogens with one attached hydrogen (secondary N) is 2. The minimum Gasteiger partial charge on any atom is -0.477 e. The molecular formula is C81H152N2O21. The van der Waals surface area contributed by atoms with Gasteiger partial charge in [0, 0.05) is 19.8 Å². The quantitative estimate of drug-likeness (QED) is 0.0199. The predicted octanol–water partition coefficient (Wildman–Crippen LogP) is 11.7. The average Bonchev–Trinajstić information content (AvgIpc) is 0.754. The lowest BCUT2D eigenvalue weighted by Crippen LogP contribution is -2.70. The number of rotatable bonds is 67. The summed E-state index contributed by atoms with van der Waals surface area (Å²) in [5, 5.41) is 136. The van der Waals surface area contributed by atoms with E-state index in [4.69, 9.17) is 28.4 Å². The number of carbonyl (C=O) groups excluding carboxylic acids is 2. The second-order valence-electron chi connectivity index (χ2n) is 30.7. The minimum absolute atomic E-state index is 0.227. The summed E-state index contributed by atoms with van der Waals surface area (Å²) in [6, 6.07) is -2.53. The van der Waals surface area contributed by atoms with E-state index in [1.807, 2.05) is 0 Å². The van der Waals surface area contributed by atoms with Crippen LogP contribution in [-0.4, -0.2) is 215 Å². The van der Waals surface area contributed by atoms with Crippen LogP contribution in [-0.2, 0) is 42.8 Å². The van der Waals surface area contributed by atoms with Crippen molar-refractivity contribution in [2.45, 2.75) is 458 Å². The zero-order chi connectivity index (χ0) is 76.0. The van der Waals surface area contributed by atoms with Crippen LogP contribution in [0, 0.1) is 0 Å². The summed E-state index contributed by atoms with van der Waals surface area (Å²) in [6.07, 6.45) is 37.0. The molecule has 0 saturated carbocycles. The normalized spacial score (nSPS) is 26.4. The Kier molecular flexibility index (Phi) is 55.4. The second-order valence-corrected chi connectivity index (χ2v) is 30.7. The number of allylic oxidation sites excluding steroid dienone is 2. The Morgan fingerprint density at radius 2 is 0.894 bits per heavy atom. The molecule has 3 aliphatic heterocycles. The average molecular weight is 1490 g/mol. The molecule has 0 aromatic heterocycles. The highest BCUT2D eigenvalue weighted by Crippen LogP contribution is 2.39. The third-order valence-electron chi connectivity index (χ3n) is 21.5. The molecule has 23 heteroatoms. The van der Waals surface area contributed by atoms with Crippen molar-refractivity contribution < 1.29 is 104 Å². The van der Waals surface area contributed by atoms with Gasteiger partial charge in [-0.2, -0.15) is 0 Å². The number of unbranched alkanes of at least 4 members (excludes halogenated alkanes) is 45. The van der Waals surface area contributed by atoms with Crippen LogP contribution in [0.4, 0.5) is 0 Å². The van der Waals surface area contributed by atoms with E-state index in [2.05, 4.69) is 36.6 Å². The Balaban J connectivity index is 1.36. The number of hydrogen-bond acceptors (Lipinski definition) is 20. The molecule has 612 valence electrons. The molecule has 23 nitrogen and oxygen atoms in total. The summed E-state index contributed by atoms with van der Waals surface area (Å²) < 4.78 is 34.9. The highest BCUT2D eigenvalue weighted by molar-refractivity contribution is 5.77. The molecule has 2 amide bonds. The molecule has 0 aliphatic carbocycles. The molecular weight excluding hydrogens is 1340 g/mol. The maximum Gasteiger partial charge on any atom is 0.364 e. The Labute approximate surface area is 626 Å². The van der Waals surface area contributed by atoms with Gasteiger partial charge in [-0.25, -0.2) is 4.79 Å². The summed E-state index contributed by atoms with van der Waals surface area (Å²) in [5.41, 5.74) is 0. The van der Waals surface area contributed by atoms with Crippen molar-refractivity contribution in [2.24, 2.45) is 0 Å². The standard InChI is InChI=1S/C81H152N2O21/c1-4-6-8-10-12-14-16-17-18-19-20-21-22-23-24-25-26-27-28-29-30-31-32-33-34-35-36-37-38-39-40-41-42-43-45-47-49-51-53-55-68(91)83-62(63(88)54-52-50-48-46-44-15-13-11-9-7-5-2)60-99-78-73(95)72(94)75(67(59-86)101-78)102-79-74(96)77(71(93)66(58-85)100-79)104-81(80(97)98)56-64(89)69(82-61(3)87)76(103-81)70(92)65(90)57-84/h29-30,62-67,69-79,84-86,88-90,92-96H,4-28,31-60H2,1-3H3,(H,82,87)(H,83,91)(H,97,98)/b30-29-. The van der Waals surface area contributed by atoms with Crippen molar-refractivity contribution >= 4 is 17.8 Å². The van der Waals surface area contributed by atoms with E-state index in [-0.39, 0.29) is 18.9 Å². The van der Waals surface area contributed by atoms with Gasteiger partial charge in [0.05, 0.1) is 50.7 Å². The number of carbonyl (C=O) groups is 3. The molecule has 0 bridgehead atoms. The van der Waals surface area contributed by atoms with Gasteiger partial charge in [0.25, 0.3) is 5.79 Å². The SMILES string of the molecule is CCCCCCCCCCCCCCCCCCCC/C=C\CCCCCCCCCCCCCCCCCCCC(=O)NC(COC1OC(CO)C(OC2OC(CO)C(O)C(OC3(C(=O)O)CC(O)C(NC(C)=O)C(C(O)C(O)CO)O3)C2O)C(O)C1O)C(O)CCCCCCCCCCCCC. The van der Waals surface area contributed by atoms with Gasteiger partial charge in [-0.1, -0.05) is 302 Å². The smallest absolute Gasteiger partial charge is 0.364 e. The largest absolute Gasteiger partial charge is 0.477 e. The van der Waals surface area contributed by atoms with Gasteiger partial charge in [-0.05, 0) is 38.5 Å². The molecule has 3 fully saturated rings. The first-order valence-electron chi connectivity index (χ1n) is 42.0. The topological polar surface area (TPSA) is 373 Å². The number of carboxylic acid groups (broad SMARTS) is 1. The lowest BCUT2D eigenvalue weighted by molar-refractivity contribution is -0.386. The number of ether oxygens (including phenoxy) is 6. The number of aliphatic hydroxyl groups excluding tert-OH is 11. The summed E-state index contributed by atoms with van der Waals surface area (Å²) in [6.45, 7) is 2.22. The molecule has 3 aliphatic rings. The molecule has 3 rings (SSSR count). The zero-order valence-corrected chi connectivity index (χ0v) is 64.9. The maximum absolute atomic E-state index is 13.5. The predicted molar refractivity (Wildman–Crippen MR) is 403 cm³/mol. The fraction of sp³-hybridized carbons (Fsp3) is 0.938. The number of amides is 2. The van der Waals surface area contributed by atoms with E-state index in [9.17, 15) is 75.7 Å². The van der Waals surface area contributed by atoms with Crippen LogP contribution in [0.15, 0.2) is 12.2 Å². The van der Waals surface area contributed by atoms with E-state index in [0.29, 0.717) is 19.3 Å².